The van der Waals surface area contributed by atoms with Crippen molar-refractivity contribution in [1.29, 1.82) is 0 Å². The van der Waals surface area contributed by atoms with Gasteiger partial charge >= 0.3 is 0 Å². The molecular weight excluding hydrogens is 442 g/mol. The zero-order valence-electron chi connectivity index (χ0n) is 20.1. The molecule has 7 heteroatoms. The van der Waals surface area contributed by atoms with Crippen molar-refractivity contribution in [1.82, 2.24) is 5.32 Å². The van der Waals surface area contributed by atoms with Crippen LogP contribution < -0.4 is 20.3 Å². The van der Waals surface area contributed by atoms with Crippen molar-refractivity contribution >= 4 is 29.1 Å². The minimum Gasteiger partial charge on any atom is -0.495 e. The second kappa shape index (κ2) is 10.4. The fourth-order valence-corrected chi connectivity index (χ4v) is 4.25. The highest BCUT2D eigenvalue weighted by Crippen LogP contribution is 2.34. The lowest BCUT2D eigenvalue weighted by atomic mass is 10.1. The first kappa shape index (κ1) is 24.0. The van der Waals surface area contributed by atoms with E-state index in [1.165, 1.54) is 0 Å². The van der Waals surface area contributed by atoms with Crippen molar-refractivity contribution in [2.45, 2.75) is 26.3 Å². The van der Waals surface area contributed by atoms with E-state index in [4.69, 9.17) is 4.74 Å². The molecule has 1 heterocycles. The van der Waals surface area contributed by atoms with Gasteiger partial charge in [0.2, 0.25) is 11.8 Å². The summed E-state index contributed by atoms with van der Waals surface area (Å²) in [6, 6.07) is 22.0. The first-order valence-electron chi connectivity index (χ1n) is 11.6. The molecule has 3 amide bonds. The van der Waals surface area contributed by atoms with Crippen LogP contribution in [-0.4, -0.2) is 31.4 Å². The smallest absolute Gasteiger partial charge is 0.253 e. The zero-order chi connectivity index (χ0) is 24.9. The molecule has 0 bridgehead atoms. The molecule has 0 saturated carbocycles. The molecule has 180 valence electrons. The van der Waals surface area contributed by atoms with Gasteiger partial charge in [0.05, 0.1) is 36.0 Å². The van der Waals surface area contributed by atoms with Crippen molar-refractivity contribution in [3.05, 3.63) is 89.5 Å². The summed E-state index contributed by atoms with van der Waals surface area (Å²) in [6.45, 7) is 4.09. The molecule has 2 atom stereocenters. The maximum atomic E-state index is 13.1. The van der Waals surface area contributed by atoms with Gasteiger partial charge in [-0.1, -0.05) is 48.5 Å². The lowest BCUT2D eigenvalue weighted by molar-refractivity contribution is -0.122. The molecule has 3 aromatic rings. The molecule has 1 fully saturated rings. The van der Waals surface area contributed by atoms with Crippen LogP contribution in [0.15, 0.2) is 72.8 Å². The van der Waals surface area contributed by atoms with Crippen molar-refractivity contribution in [3.63, 3.8) is 0 Å². The number of hydrogen-bond acceptors (Lipinski definition) is 4. The lowest BCUT2D eigenvalue weighted by Gasteiger charge is -2.20. The number of nitrogens with zero attached hydrogens (tertiary/aromatic N) is 1. The highest BCUT2D eigenvalue weighted by molar-refractivity contribution is 6.07. The number of methoxy groups -OCH3 is 1. The summed E-state index contributed by atoms with van der Waals surface area (Å²) in [5.41, 5.74) is 3.41. The summed E-state index contributed by atoms with van der Waals surface area (Å²) in [7, 11) is 1.56. The largest absolute Gasteiger partial charge is 0.495 e. The summed E-state index contributed by atoms with van der Waals surface area (Å²) in [5.74, 6) is -0.696. The van der Waals surface area contributed by atoms with Crippen LogP contribution in [0.2, 0.25) is 0 Å². The second-order valence-corrected chi connectivity index (χ2v) is 8.72. The maximum absolute atomic E-state index is 13.1. The number of benzene rings is 3. The van der Waals surface area contributed by atoms with Crippen molar-refractivity contribution in [2.75, 3.05) is 23.9 Å². The van der Waals surface area contributed by atoms with Crippen LogP contribution in [-0.2, 0) is 9.59 Å². The number of anilines is 2. The minimum absolute atomic E-state index is 0.0856. The van der Waals surface area contributed by atoms with Gasteiger partial charge in [-0.05, 0) is 49.2 Å². The number of carbonyl (C=O) groups is 3. The van der Waals surface area contributed by atoms with Gasteiger partial charge in [0, 0.05) is 13.0 Å². The third-order valence-electron chi connectivity index (χ3n) is 6.20. The lowest BCUT2D eigenvalue weighted by Crippen LogP contribution is -2.30. The van der Waals surface area contributed by atoms with Crippen LogP contribution in [0.1, 0.15) is 40.9 Å². The van der Waals surface area contributed by atoms with Crippen molar-refractivity contribution in [3.8, 4) is 5.75 Å². The van der Waals surface area contributed by atoms with E-state index in [0.717, 1.165) is 11.1 Å². The molecule has 4 rings (SSSR count). The number of amides is 3. The molecule has 0 aliphatic carbocycles. The number of hydrogen-bond donors (Lipinski definition) is 2. The van der Waals surface area contributed by atoms with Gasteiger partial charge < -0.3 is 20.3 Å². The number of nitrogens with one attached hydrogen (secondary N) is 2. The zero-order valence-corrected chi connectivity index (χ0v) is 20.1. The van der Waals surface area contributed by atoms with Gasteiger partial charge in [-0.3, -0.25) is 14.4 Å². The fraction of sp³-hybridized carbons (Fsp3) is 0.250. The first-order valence-corrected chi connectivity index (χ1v) is 11.6. The molecule has 1 saturated heterocycles. The predicted molar refractivity (Wildman–Crippen MR) is 136 cm³/mol. The maximum Gasteiger partial charge on any atom is 0.253 e. The Morgan fingerprint density at radius 3 is 2.49 bits per heavy atom. The van der Waals surface area contributed by atoms with E-state index in [-0.39, 0.29) is 36.7 Å². The highest BCUT2D eigenvalue weighted by Gasteiger charge is 2.36. The molecule has 35 heavy (non-hydrogen) atoms. The van der Waals surface area contributed by atoms with Gasteiger partial charge in [0.25, 0.3) is 5.91 Å². The van der Waals surface area contributed by atoms with Crippen molar-refractivity contribution in [2.24, 2.45) is 5.92 Å². The molecule has 0 radical (unpaired) electrons. The molecule has 7 nitrogen and oxygen atoms in total. The van der Waals surface area contributed by atoms with E-state index < -0.39 is 5.92 Å². The van der Waals surface area contributed by atoms with Crippen LogP contribution in [0.4, 0.5) is 11.4 Å². The van der Waals surface area contributed by atoms with E-state index in [1.54, 1.807) is 36.3 Å². The Balaban J connectivity index is 1.47. The van der Waals surface area contributed by atoms with Gasteiger partial charge in [0.1, 0.15) is 5.75 Å². The molecule has 1 aliphatic rings. The Kier molecular flexibility index (Phi) is 7.15. The Hall–Kier alpha value is -4.13. The Morgan fingerprint density at radius 2 is 1.74 bits per heavy atom. The monoisotopic (exact) mass is 471 g/mol. The molecule has 2 unspecified atom stereocenters. The molecule has 0 spiro atoms. The molecule has 0 aromatic heterocycles. The molecular formula is C28H29N3O4. The predicted octanol–water partition coefficient (Wildman–Crippen LogP) is 4.49. The van der Waals surface area contributed by atoms with E-state index >= 15 is 0 Å². The summed E-state index contributed by atoms with van der Waals surface area (Å²) >= 11 is 0. The van der Waals surface area contributed by atoms with Crippen LogP contribution in [0.5, 0.6) is 5.75 Å². The third kappa shape index (κ3) is 5.35. The number of rotatable bonds is 7. The number of ether oxygens (including phenoxy) is 1. The third-order valence-corrected chi connectivity index (χ3v) is 6.20. The minimum atomic E-state index is -0.549. The van der Waals surface area contributed by atoms with Crippen LogP contribution in [0.3, 0.4) is 0 Å². The number of para-hydroxylation sites is 1. The quantitative estimate of drug-likeness (QED) is 0.532. The Morgan fingerprint density at radius 1 is 1.03 bits per heavy atom. The van der Waals surface area contributed by atoms with Crippen molar-refractivity contribution < 1.29 is 19.1 Å². The van der Waals surface area contributed by atoms with Gasteiger partial charge in [-0.25, -0.2) is 0 Å². The Labute approximate surface area is 205 Å². The van der Waals surface area contributed by atoms with E-state index in [2.05, 4.69) is 10.6 Å². The second-order valence-electron chi connectivity index (χ2n) is 8.72. The van der Waals surface area contributed by atoms with E-state index in [9.17, 15) is 14.4 Å². The van der Waals surface area contributed by atoms with Gasteiger partial charge in [-0.2, -0.15) is 0 Å². The van der Waals surface area contributed by atoms with Gasteiger partial charge in [-0.15, -0.1) is 0 Å². The normalized spacial score (nSPS) is 16.0. The molecule has 3 aromatic carbocycles. The summed E-state index contributed by atoms with van der Waals surface area (Å²) < 4.78 is 5.42. The van der Waals surface area contributed by atoms with E-state index in [0.29, 0.717) is 22.7 Å². The van der Waals surface area contributed by atoms with Crippen LogP contribution in [0, 0.1) is 12.8 Å². The highest BCUT2D eigenvalue weighted by atomic mass is 16.5. The number of aryl methyl sites for hydroxylation is 1. The topological polar surface area (TPSA) is 87.7 Å². The average Bonchev–Trinajstić information content (AvgIpc) is 3.26. The van der Waals surface area contributed by atoms with E-state index in [1.807, 2.05) is 62.4 Å². The SMILES string of the molecule is COc1ccc(C)cc1N1CC(C(=O)Nc2ccccc2C(=O)NC(C)c2ccccc2)CC1=O. The summed E-state index contributed by atoms with van der Waals surface area (Å²) in [5, 5.41) is 5.85. The Bertz CT molecular complexity index is 1240. The molecule has 1 aliphatic heterocycles. The number of carbonyl (C=O) groups excluding carboxylic acids is 3. The van der Waals surface area contributed by atoms with Gasteiger partial charge in [0.15, 0.2) is 0 Å². The van der Waals surface area contributed by atoms with Crippen LogP contribution in [0.25, 0.3) is 0 Å². The van der Waals surface area contributed by atoms with Crippen LogP contribution >= 0.6 is 0 Å². The summed E-state index contributed by atoms with van der Waals surface area (Å²) in [6.07, 6.45) is 0.0856. The fourth-order valence-electron chi connectivity index (χ4n) is 4.25. The standard InChI is InChI=1S/C28H29N3O4/c1-18-13-14-25(35-3)24(15-18)31-17-21(16-26(31)32)27(33)30-23-12-8-7-11-22(23)28(34)29-19(2)20-9-5-4-6-10-20/h4-15,19,21H,16-17H2,1-3H3,(H,29,34)(H,30,33). The molecule has 2 N–H and O–H groups in total. The summed E-state index contributed by atoms with van der Waals surface area (Å²) in [4.78, 5) is 40.5. The first-order chi connectivity index (χ1) is 16.9. The average molecular weight is 472 g/mol.